The topological polar surface area (TPSA) is 37.8 Å². The van der Waals surface area contributed by atoms with Crippen molar-refractivity contribution >= 4 is 33.3 Å². The van der Waals surface area contributed by atoms with Gasteiger partial charge in [-0.05, 0) is 22.4 Å². The van der Waals surface area contributed by atoms with Crippen LogP contribution in [0.3, 0.4) is 0 Å². The summed E-state index contributed by atoms with van der Waals surface area (Å²) in [7, 11) is 0. The molecule has 1 aromatic rings. The third-order valence-electron chi connectivity index (χ3n) is 3.13. The molecule has 0 spiro atoms. The molecule has 0 aromatic carbocycles. The van der Waals surface area contributed by atoms with Crippen molar-refractivity contribution in [3.05, 3.63) is 17.0 Å². The third-order valence-corrected chi connectivity index (χ3v) is 4.45. The number of halogens is 2. The van der Waals surface area contributed by atoms with E-state index in [0.29, 0.717) is 6.04 Å². The predicted octanol–water partition coefficient (Wildman–Crippen LogP) is 3.06. The molecule has 1 aliphatic rings. The first-order valence-electron chi connectivity index (χ1n) is 4.88. The summed E-state index contributed by atoms with van der Waals surface area (Å²) >= 11 is 9.57. The van der Waals surface area contributed by atoms with Gasteiger partial charge in [-0.25, -0.2) is 9.97 Å². The van der Waals surface area contributed by atoms with Gasteiger partial charge in [-0.15, -0.1) is 11.6 Å². The van der Waals surface area contributed by atoms with Gasteiger partial charge in [0.25, 0.3) is 0 Å². The highest BCUT2D eigenvalue weighted by atomic mass is 79.9. The summed E-state index contributed by atoms with van der Waals surface area (Å²) in [5.41, 5.74) is 0.117. The average molecular weight is 291 g/mol. The first kappa shape index (κ1) is 11.1. The van der Waals surface area contributed by atoms with Crippen LogP contribution >= 0.6 is 27.5 Å². The summed E-state index contributed by atoms with van der Waals surface area (Å²) in [6, 6.07) is 0.381. The molecule has 0 bridgehead atoms. The number of nitrogens with zero attached hydrogens (tertiary/aromatic N) is 2. The molecule has 2 atom stereocenters. The van der Waals surface area contributed by atoms with Crippen molar-refractivity contribution in [2.24, 2.45) is 5.41 Å². The molecule has 1 heterocycles. The first-order valence-corrected chi connectivity index (χ1v) is 6.11. The van der Waals surface area contributed by atoms with E-state index in [4.69, 9.17) is 11.6 Å². The number of rotatable bonds is 2. The average Bonchev–Trinajstić information content (AvgIpc) is 2.20. The molecule has 2 rings (SSSR count). The predicted molar refractivity (Wildman–Crippen MR) is 65.2 cm³/mol. The SMILES string of the molecule is CC1(C)C(Cl)CC1Nc1ncncc1Br. The fraction of sp³-hybridized carbons (Fsp3) is 0.600. The maximum Gasteiger partial charge on any atom is 0.143 e. The Hall–Kier alpha value is -0.350. The lowest BCUT2D eigenvalue weighted by Gasteiger charge is -2.49. The van der Waals surface area contributed by atoms with E-state index in [1.807, 2.05) is 0 Å². The van der Waals surface area contributed by atoms with Gasteiger partial charge < -0.3 is 5.32 Å². The first-order chi connectivity index (χ1) is 7.01. The van der Waals surface area contributed by atoms with Gasteiger partial charge in [-0.2, -0.15) is 0 Å². The zero-order chi connectivity index (χ0) is 11.1. The van der Waals surface area contributed by atoms with E-state index in [1.54, 1.807) is 6.20 Å². The molecule has 82 valence electrons. The van der Waals surface area contributed by atoms with Crippen molar-refractivity contribution in [3.63, 3.8) is 0 Å². The van der Waals surface area contributed by atoms with Crippen LogP contribution in [0.15, 0.2) is 17.0 Å². The Morgan fingerprint density at radius 3 is 2.87 bits per heavy atom. The molecule has 3 nitrogen and oxygen atoms in total. The normalized spacial score (nSPS) is 28.3. The van der Waals surface area contributed by atoms with Gasteiger partial charge in [0, 0.05) is 23.0 Å². The third kappa shape index (κ3) is 1.97. The minimum atomic E-state index is 0.117. The van der Waals surface area contributed by atoms with Crippen molar-refractivity contribution in [3.8, 4) is 0 Å². The second-order valence-electron chi connectivity index (χ2n) is 4.44. The Labute approximate surface area is 103 Å². The number of aromatic nitrogens is 2. The van der Waals surface area contributed by atoms with Crippen molar-refractivity contribution in [1.82, 2.24) is 9.97 Å². The maximum atomic E-state index is 6.16. The van der Waals surface area contributed by atoms with Gasteiger partial charge in [-0.3, -0.25) is 0 Å². The molecule has 2 unspecified atom stereocenters. The Balaban J connectivity index is 2.08. The van der Waals surface area contributed by atoms with Crippen molar-refractivity contribution in [2.45, 2.75) is 31.7 Å². The van der Waals surface area contributed by atoms with Crippen molar-refractivity contribution < 1.29 is 0 Å². The van der Waals surface area contributed by atoms with Gasteiger partial charge >= 0.3 is 0 Å². The van der Waals surface area contributed by atoms with Crippen molar-refractivity contribution in [2.75, 3.05) is 5.32 Å². The van der Waals surface area contributed by atoms with Gasteiger partial charge in [0.05, 0.1) is 4.47 Å². The maximum absolute atomic E-state index is 6.16. The molecule has 5 heteroatoms. The molecule has 0 amide bonds. The largest absolute Gasteiger partial charge is 0.366 e. The van der Waals surface area contributed by atoms with Gasteiger partial charge in [0.15, 0.2) is 0 Å². The van der Waals surface area contributed by atoms with Crippen LogP contribution in [0, 0.1) is 5.41 Å². The van der Waals surface area contributed by atoms with Crippen LogP contribution in [-0.4, -0.2) is 21.4 Å². The molecule has 0 radical (unpaired) electrons. The Morgan fingerprint density at radius 1 is 1.60 bits per heavy atom. The molecular formula is C10H13BrClN3. The van der Waals surface area contributed by atoms with E-state index in [9.17, 15) is 0 Å². The summed E-state index contributed by atoms with van der Waals surface area (Å²) in [4.78, 5) is 8.10. The van der Waals surface area contributed by atoms with Gasteiger partial charge in [0.1, 0.15) is 12.1 Å². The van der Waals surface area contributed by atoms with E-state index < -0.39 is 0 Å². The minimum absolute atomic E-state index is 0.117. The number of alkyl halides is 1. The highest BCUT2D eigenvalue weighted by Crippen LogP contribution is 2.45. The van der Waals surface area contributed by atoms with Gasteiger partial charge in [-0.1, -0.05) is 13.8 Å². The molecule has 0 saturated heterocycles. The van der Waals surface area contributed by atoms with Crippen LogP contribution in [0.25, 0.3) is 0 Å². The van der Waals surface area contributed by atoms with E-state index in [1.165, 1.54) is 6.33 Å². The molecule has 1 saturated carbocycles. The molecule has 0 aliphatic heterocycles. The van der Waals surface area contributed by atoms with Gasteiger partial charge in [0.2, 0.25) is 0 Å². The second kappa shape index (κ2) is 3.91. The monoisotopic (exact) mass is 289 g/mol. The Kier molecular flexibility index (Phi) is 2.90. The van der Waals surface area contributed by atoms with Crippen molar-refractivity contribution in [1.29, 1.82) is 0 Å². The van der Waals surface area contributed by atoms with Crippen LogP contribution in [0.4, 0.5) is 5.82 Å². The quantitative estimate of drug-likeness (QED) is 0.851. The van der Waals surface area contributed by atoms with E-state index in [-0.39, 0.29) is 10.8 Å². The van der Waals surface area contributed by atoms with E-state index in [2.05, 4.69) is 45.1 Å². The summed E-state index contributed by atoms with van der Waals surface area (Å²) in [6.07, 6.45) is 4.25. The molecule has 1 aromatic heterocycles. The van der Waals surface area contributed by atoms with E-state index >= 15 is 0 Å². The Morgan fingerprint density at radius 2 is 2.33 bits per heavy atom. The number of nitrogens with one attached hydrogen (secondary N) is 1. The summed E-state index contributed by atoms with van der Waals surface area (Å²) in [5.74, 6) is 0.839. The smallest absolute Gasteiger partial charge is 0.143 e. The summed E-state index contributed by atoms with van der Waals surface area (Å²) in [5, 5.41) is 3.63. The van der Waals surface area contributed by atoms with Crippen LogP contribution in [0.5, 0.6) is 0 Å². The standard InChI is InChI=1S/C10H13BrClN3/c1-10(2)7(12)3-8(10)15-9-6(11)4-13-5-14-9/h4-5,7-8H,3H2,1-2H3,(H,13,14,15). The fourth-order valence-corrected chi connectivity index (χ4v) is 2.37. The molecule has 1 aliphatic carbocycles. The Bertz CT molecular complexity index is 369. The zero-order valence-corrected chi connectivity index (χ0v) is 11.0. The minimum Gasteiger partial charge on any atom is -0.366 e. The summed E-state index contributed by atoms with van der Waals surface area (Å²) in [6.45, 7) is 4.34. The number of hydrogen-bond acceptors (Lipinski definition) is 3. The lowest BCUT2D eigenvalue weighted by atomic mass is 9.67. The molecular weight excluding hydrogens is 277 g/mol. The highest BCUT2D eigenvalue weighted by Gasteiger charge is 2.47. The van der Waals surface area contributed by atoms with Crippen LogP contribution < -0.4 is 5.32 Å². The molecule has 15 heavy (non-hydrogen) atoms. The molecule has 1 fully saturated rings. The zero-order valence-electron chi connectivity index (χ0n) is 8.67. The molecule has 1 N–H and O–H groups in total. The van der Waals surface area contributed by atoms with Crippen LogP contribution in [-0.2, 0) is 0 Å². The summed E-state index contributed by atoms with van der Waals surface area (Å²) < 4.78 is 0.888. The number of hydrogen-bond donors (Lipinski definition) is 1. The van der Waals surface area contributed by atoms with Crippen LogP contribution in [0.2, 0.25) is 0 Å². The number of anilines is 1. The van der Waals surface area contributed by atoms with Crippen LogP contribution in [0.1, 0.15) is 20.3 Å². The highest BCUT2D eigenvalue weighted by molar-refractivity contribution is 9.10. The fourth-order valence-electron chi connectivity index (χ4n) is 1.70. The lowest BCUT2D eigenvalue weighted by molar-refractivity contribution is 0.168. The van der Waals surface area contributed by atoms with E-state index in [0.717, 1.165) is 16.7 Å². The second-order valence-corrected chi connectivity index (χ2v) is 5.82. The lowest BCUT2D eigenvalue weighted by Crippen LogP contribution is -2.54.